The van der Waals surface area contributed by atoms with Crippen molar-refractivity contribution in [2.24, 2.45) is 5.92 Å². The van der Waals surface area contributed by atoms with Crippen molar-refractivity contribution in [1.82, 2.24) is 9.88 Å². The third-order valence-corrected chi connectivity index (χ3v) is 7.43. The van der Waals surface area contributed by atoms with Gasteiger partial charge in [-0.25, -0.2) is 4.98 Å². The molecule has 1 aliphatic carbocycles. The van der Waals surface area contributed by atoms with E-state index >= 15 is 0 Å². The molecule has 0 bridgehead atoms. The van der Waals surface area contributed by atoms with Crippen molar-refractivity contribution in [3.05, 3.63) is 71.1 Å². The van der Waals surface area contributed by atoms with Gasteiger partial charge in [0.1, 0.15) is 17.6 Å². The predicted molar refractivity (Wildman–Crippen MR) is 134 cm³/mol. The highest BCUT2D eigenvalue weighted by atomic mass is 16.5. The van der Waals surface area contributed by atoms with E-state index in [0.29, 0.717) is 37.8 Å². The minimum Gasteiger partial charge on any atom is -0.493 e. The van der Waals surface area contributed by atoms with Crippen LogP contribution >= 0.6 is 0 Å². The molecule has 1 atom stereocenters. The van der Waals surface area contributed by atoms with Crippen LogP contribution in [-0.2, 0) is 24.2 Å². The first-order valence-corrected chi connectivity index (χ1v) is 12.8. The minimum absolute atomic E-state index is 0.440. The van der Waals surface area contributed by atoms with E-state index in [1.165, 1.54) is 37.7 Å². The summed E-state index contributed by atoms with van der Waals surface area (Å²) in [6.45, 7) is 3.98. The van der Waals surface area contributed by atoms with Crippen LogP contribution in [0.5, 0.6) is 5.75 Å². The fourth-order valence-electron chi connectivity index (χ4n) is 5.47. The Morgan fingerprint density at radius 2 is 1.91 bits per heavy atom. The van der Waals surface area contributed by atoms with E-state index in [1.54, 1.807) is 0 Å². The van der Waals surface area contributed by atoms with Crippen LogP contribution in [0.1, 0.15) is 54.7 Å². The highest BCUT2D eigenvalue weighted by molar-refractivity contribution is 5.74. The van der Waals surface area contributed by atoms with Gasteiger partial charge in [0, 0.05) is 25.1 Å². The first-order valence-electron chi connectivity index (χ1n) is 12.8. The Hall–Kier alpha value is -3.12. The highest BCUT2D eigenvalue weighted by Gasteiger charge is 2.33. The van der Waals surface area contributed by atoms with Gasteiger partial charge >= 0.3 is 5.97 Å². The third kappa shape index (κ3) is 5.59. The molecule has 1 saturated carbocycles. The number of carboxylic acid groups (broad SMARTS) is 1. The van der Waals surface area contributed by atoms with Crippen molar-refractivity contribution in [3.8, 4) is 17.2 Å². The maximum absolute atomic E-state index is 12.0. The largest absolute Gasteiger partial charge is 0.493 e. The molecule has 0 saturated heterocycles. The second kappa shape index (κ2) is 10.6. The number of aliphatic carboxylic acids is 1. The molecule has 184 valence electrons. The summed E-state index contributed by atoms with van der Waals surface area (Å²) in [7, 11) is 0. The second-order valence-corrected chi connectivity index (χ2v) is 9.91. The molecule has 2 aliphatic rings. The van der Waals surface area contributed by atoms with Crippen LogP contribution in [0.3, 0.4) is 0 Å². The Labute approximate surface area is 206 Å². The lowest BCUT2D eigenvalue weighted by Crippen LogP contribution is -2.47. The normalized spacial score (nSPS) is 18.8. The first-order chi connectivity index (χ1) is 17.1. The Morgan fingerprint density at radius 3 is 2.69 bits per heavy atom. The number of benzene rings is 2. The van der Waals surface area contributed by atoms with Crippen LogP contribution in [0.15, 0.2) is 52.9 Å². The topological polar surface area (TPSA) is 75.8 Å². The molecule has 5 rings (SSSR count). The Morgan fingerprint density at radius 1 is 1.11 bits per heavy atom. The number of hydrogen-bond donors (Lipinski definition) is 1. The van der Waals surface area contributed by atoms with Crippen molar-refractivity contribution in [2.75, 3.05) is 13.2 Å². The molecule has 6 nitrogen and oxygen atoms in total. The summed E-state index contributed by atoms with van der Waals surface area (Å²) in [6.07, 6.45) is 7.49. The second-order valence-electron chi connectivity index (χ2n) is 9.91. The fraction of sp³-hybridized carbons (Fsp3) is 0.448. The van der Waals surface area contributed by atoms with Gasteiger partial charge in [0.25, 0.3) is 0 Å². The molecule has 0 unspecified atom stereocenters. The van der Waals surface area contributed by atoms with Gasteiger partial charge in [-0.3, -0.25) is 9.69 Å². The van der Waals surface area contributed by atoms with Gasteiger partial charge < -0.3 is 14.3 Å². The molecule has 1 aromatic heterocycles. The molecule has 0 spiro atoms. The van der Waals surface area contributed by atoms with Gasteiger partial charge in [0.15, 0.2) is 0 Å². The summed E-state index contributed by atoms with van der Waals surface area (Å²) < 4.78 is 12.0. The van der Waals surface area contributed by atoms with Gasteiger partial charge in [0.2, 0.25) is 5.89 Å². The summed E-state index contributed by atoms with van der Waals surface area (Å²) in [5, 5.41) is 9.86. The fourth-order valence-corrected chi connectivity index (χ4v) is 5.47. The van der Waals surface area contributed by atoms with Gasteiger partial charge in [-0.05, 0) is 67.5 Å². The van der Waals surface area contributed by atoms with Crippen molar-refractivity contribution in [2.45, 2.75) is 64.5 Å². The highest BCUT2D eigenvalue weighted by Crippen LogP contribution is 2.31. The summed E-state index contributed by atoms with van der Waals surface area (Å²) in [5.41, 5.74) is 4.17. The molecule has 6 heteroatoms. The van der Waals surface area contributed by atoms with Crippen LogP contribution in [0, 0.1) is 12.8 Å². The number of nitrogens with zero attached hydrogens (tertiary/aromatic N) is 2. The molecule has 0 radical (unpaired) electrons. The summed E-state index contributed by atoms with van der Waals surface area (Å²) in [5.74, 6) is 2.16. The van der Waals surface area contributed by atoms with Gasteiger partial charge in [-0.15, -0.1) is 0 Å². The number of fused-ring (bicyclic) bond motifs is 1. The number of oxazole rings is 1. The zero-order chi connectivity index (χ0) is 24.2. The summed E-state index contributed by atoms with van der Waals surface area (Å²) in [4.78, 5) is 18.8. The number of ether oxygens (including phenoxy) is 1. The first kappa shape index (κ1) is 23.6. The van der Waals surface area contributed by atoms with E-state index in [4.69, 9.17) is 9.15 Å². The molecule has 2 aromatic carbocycles. The zero-order valence-corrected chi connectivity index (χ0v) is 20.4. The molecule has 0 amide bonds. The van der Waals surface area contributed by atoms with Crippen LogP contribution in [0.25, 0.3) is 11.5 Å². The average molecular weight is 475 g/mol. The standard InChI is InChI=1S/C29H34N2O4/c1-20-26(30-28(35-20)22-10-6-3-7-11-22)14-15-34-25-13-12-23-17-27(29(32)33)31(19-24(23)16-25)18-21-8-4-2-5-9-21/h3,6-7,10-13,16,21,27H,2,4-5,8-9,14-15,17-19H2,1H3,(H,32,33)/t27-/m0/s1. The van der Waals surface area contributed by atoms with Crippen LogP contribution < -0.4 is 4.74 Å². The number of aryl methyl sites for hydroxylation is 1. The Balaban J connectivity index is 1.22. The van der Waals surface area contributed by atoms with E-state index in [-0.39, 0.29) is 0 Å². The lowest BCUT2D eigenvalue weighted by molar-refractivity contribution is -0.144. The van der Waals surface area contributed by atoms with Crippen molar-refractivity contribution < 1.29 is 19.1 Å². The van der Waals surface area contributed by atoms with Crippen molar-refractivity contribution in [1.29, 1.82) is 0 Å². The van der Waals surface area contributed by atoms with Crippen LogP contribution in [-0.4, -0.2) is 40.2 Å². The molecular formula is C29H34N2O4. The molecule has 1 fully saturated rings. The maximum atomic E-state index is 12.0. The number of aromatic nitrogens is 1. The van der Waals surface area contributed by atoms with E-state index in [2.05, 4.69) is 16.0 Å². The predicted octanol–water partition coefficient (Wildman–Crippen LogP) is 5.66. The van der Waals surface area contributed by atoms with Gasteiger partial charge in [-0.1, -0.05) is 43.5 Å². The van der Waals surface area contributed by atoms with E-state index < -0.39 is 12.0 Å². The van der Waals surface area contributed by atoms with E-state index in [1.807, 2.05) is 49.4 Å². The monoisotopic (exact) mass is 474 g/mol. The lowest BCUT2D eigenvalue weighted by Gasteiger charge is -2.37. The molecule has 35 heavy (non-hydrogen) atoms. The number of rotatable bonds is 8. The quantitative estimate of drug-likeness (QED) is 0.454. The Kier molecular flexibility index (Phi) is 7.19. The SMILES string of the molecule is Cc1oc(-c2ccccc2)nc1CCOc1ccc2c(c1)CN(CC1CCCCC1)[C@H](C(=O)O)C2. The molecular weight excluding hydrogens is 440 g/mol. The van der Waals surface area contributed by atoms with E-state index in [0.717, 1.165) is 34.9 Å². The van der Waals surface area contributed by atoms with Gasteiger partial charge in [0.05, 0.1) is 12.3 Å². The van der Waals surface area contributed by atoms with E-state index in [9.17, 15) is 9.90 Å². The van der Waals surface area contributed by atoms with Gasteiger partial charge in [-0.2, -0.15) is 0 Å². The number of carboxylic acids is 1. The van der Waals surface area contributed by atoms with Crippen molar-refractivity contribution in [3.63, 3.8) is 0 Å². The average Bonchev–Trinajstić information content (AvgIpc) is 3.25. The lowest BCUT2D eigenvalue weighted by atomic mass is 9.87. The van der Waals surface area contributed by atoms with Crippen molar-refractivity contribution >= 4 is 5.97 Å². The van der Waals surface area contributed by atoms with Crippen LogP contribution in [0.2, 0.25) is 0 Å². The Bertz CT molecular complexity index is 1150. The molecule has 1 aliphatic heterocycles. The number of hydrogen-bond acceptors (Lipinski definition) is 5. The third-order valence-electron chi connectivity index (χ3n) is 7.43. The van der Waals surface area contributed by atoms with Crippen LogP contribution in [0.4, 0.5) is 0 Å². The summed E-state index contributed by atoms with van der Waals surface area (Å²) in [6, 6.07) is 15.6. The summed E-state index contributed by atoms with van der Waals surface area (Å²) >= 11 is 0. The molecule has 1 N–H and O–H groups in total. The molecule has 2 heterocycles. The maximum Gasteiger partial charge on any atom is 0.321 e. The molecule has 3 aromatic rings. The number of carbonyl (C=O) groups is 1. The zero-order valence-electron chi connectivity index (χ0n) is 20.4. The smallest absolute Gasteiger partial charge is 0.321 e. The minimum atomic E-state index is -0.718.